The molecule has 1 heterocycles. The molecule has 0 spiro atoms. The standard InChI is InChI=1S/C25H37F4OSi/c1-2-3-4-15-31-16-13-19(14-17-31)6-5-18-7-9-20(10-8-18)21-11-12-22(30-25(28)29)24(27)23(21)26/h11-12,18-20,25H,2-10,13-17H2,1H3. The molecule has 1 aromatic rings. The van der Waals surface area contributed by atoms with Crippen LogP contribution in [-0.4, -0.2) is 15.4 Å². The van der Waals surface area contributed by atoms with E-state index in [9.17, 15) is 17.6 Å². The lowest BCUT2D eigenvalue weighted by Crippen LogP contribution is -2.22. The average molecular weight is 458 g/mol. The summed E-state index contributed by atoms with van der Waals surface area (Å²) in [4.78, 5) is 0. The van der Waals surface area contributed by atoms with Crippen molar-refractivity contribution in [2.75, 3.05) is 0 Å². The van der Waals surface area contributed by atoms with Crippen molar-refractivity contribution in [1.82, 2.24) is 0 Å². The largest absolute Gasteiger partial charge is 0.432 e. The highest BCUT2D eigenvalue weighted by Crippen LogP contribution is 2.41. The van der Waals surface area contributed by atoms with Crippen molar-refractivity contribution in [2.24, 2.45) is 11.8 Å². The van der Waals surface area contributed by atoms with Crippen molar-refractivity contribution in [3.63, 3.8) is 0 Å². The summed E-state index contributed by atoms with van der Waals surface area (Å²) in [6.45, 7) is -0.883. The molecular weight excluding hydrogens is 420 g/mol. The predicted molar refractivity (Wildman–Crippen MR) is 119 cm³/mol. The quantitative estimate of drug-likeness (QED) is 0.194. The van der Waals surface area contributed by atoms with E-state index in [0.717, 1.165) is 37.7 Å². The molecule has 1 aliphatic heterocycles. The van der Waals surface area contributed by atoms with Gasteiger partial charge in [-0.2, -0.15) is 13.2 Å². The maximum absolute atomic E-state index is 14.4. The van der Waals surface area contributed by atoms with Crippen molar-refractivity contribution in [1.29, 1.82) is 0 Å². The summed E-state index contributed by atoms with van der Waals surface area (Å²) in [6, 6.07) is 7.07. The summed E-state index contributed by atoms with van der Waals surface area (Å²) in [5.74, 6) is -1.50. The average Bonchev–Trinajstić information content (AvgIpc) is 2.77. The highest BCUT2D eigenvalue weighted by molar-refractivity contribution is 6.58. The van der Waals surface area contributed by atoms with Crippen LogP contribution in [0.2, 0.25) is 18.1 Å². The molecule has 6 heteroatoms. The van der Waals surface area contributed by atoms with Gasteiger partial charge in [0.05, 0.1) is 0 Å². The van der Waals surface area contributed by atoms with E-state index in [4.69, 9.17) is 0 Å². The topological polar surface area (TPSA) is 9.23 Å². The predicted octanol–water partition coefficient (Wildman–Crippen LogP) is 8.72. The molecule has 3 rings (SSSR count). The van der Waals surface area contributed by atoms with E-state index >= 15 is 0 Å². The third-order valence-electron chi connectivity index (χ3n) is 7.51. The number of benzene rings is 1. The molecule has 0 N–H and O–H groups in total. The summed E-state index contributed by atoms with van der Waals surface area (Å²) in [6.07, 6.45) is 13.3. The molecule has 1 saturated carbocycles. The highest BCUT2D eigenvalue weighted by atomic mass is 28.3. The number of hydrogen-bond acceptors (Lipinski definition) is 1. The molecule has 0 amide bonds. The number of hydrogen-bond donors (Lipinski definition) is 0. The minimum Gasteiger partial charge on any atom is -0.432 e. The third-order valence-corrected chi connectivity index (χ3v) is 10.6. The SMILES string of the molecule is CCCCC[Si]1CCC(CCC2CCC(c3ccc(OC(F)F)c(F)c3F)CC2)CC1. The van der Waals surface area contributed by atoms with Gasteiger partial charge in [0, 0.05) is 8.80 Å². The molecule has 0 bridgehead atoms. The summed E-state index contributed by atoms with van der Waals surface area (Å²) in [5.41, 5.74) is 0.308. The van der Waals surface area contributed by atoms with Crippen LogP contribution in [0.15, 0.2) is 12.1 Å². The van der Waals surface area contributed by atoms with Gasteiger partial charge in [0.2, 0.25) is 5.82 Å². The zero-order valence-corrected chi connectivity index (χ0v) is 19.8. The van der Waals surface area contributed by atoms with Crippen LogP contribution in [0.25, 0.3) is 0 Å². The van der Waals surface area contributed by atoms with Gasteiger partial charge < -0.3 is 4.74 Å². The van der Waals surface area contributed by atoms with Gasteiger partial charge in [-0.05, 0) is 55.1 Å². The Morgan fingerprint density at radius 2 is 1.55 bits per heavy atom. The van der Waals surface area contributed by atoms with Crippen molar-refractivity contribution >= 4 is 8.80 Å². The monoisotopic (exact) mass is 457 g/mol. The fraction of sp³-hybridized carbons (Fsp3) is 0.760. The van der Waals surface area contributed by atoms with Crippen LogP contribution in [0.1, 0.15) is 89.0 Å². The van der Waals surface area contributed by atoms with Crippen molar-refractivity contribution < 1.29 is 22.3 Å². The van der Waals surface area contributed by atoms with Gasteiger partial charge in [0.1, 0.15) is 0 Å². The third kappa shape index (κ3) is 7.23. The molecule has 2 aliphatic rings. The lowest BCUT2D eigenvalue weighted by molar-refractivity contribution is -0.0525. The highest BCUT2D eigenvalue weighted by Gasteiger charge is 2.28. The normalized spacial score (nSPS) is 23.4. The molecule has 1 saturated heterocycles. The first-order valence-electron chi connectivity index (χ1n) is 12.2. The number of ether oxygens (including phenoxy) is 1. The first kappa shape index (κ1) is 24.6. The van der Waals surface area contributed by atoms with Gasteiger partial charge in [-0.1, -0.05) is 76.1 Å². The van der Waals surface area contributed by atoms with Gasteiger partial charge in [0.25, 0.3) is 0 Å². The fourth-order valence-corrected chi connectivity index (χ4v) is 8.67. The Kier molecular flexibility index (Phi) is 9.73. The maximum Gasteiger partial charge on any atom is 0.387 e. The first-order valence-corrected chi connectivity index (χ1v) is 14.4. The number of halogens is 4. The molecule has 0 unspecified atom stereocenters. The molecule has 175 valence electrons. The molecule has 1 aromatic carbocycles. The van der Waals surface area contributed by atoms with E-state index in [-0.39, 0.29) is 14.7 Å². The smallest absolute Gasteiger partial charge is 0.387 e. The first-order chi connectivity index (χ1) is 15.0. The molecule has 1 aliphatic carbocycles. The van der Waals surface area contributed by atoms with Gasteiger partial charge >= 0.3 is 6.61 Å². The minimum absolute atomic E-state index is 0.0330. The van der Waals surface area contributed by atoms with E-state index < -0.39 is 24.0 Å². The molecule has 0 aromatic heterocycles. The van der Waals surface area contributed by atoms with Crippen LogP contribution < -0.4 is 4.74 Å². The van der Waals surface area contributed by atoms with Crippen LogP contribution in [0.5, 0.6) is 5.75 Å². The summed E-state index contributed by atoms with van der Waals surface area (Å²) in [5, 5.41) is 0. The number of rotatable bonds is 10. The molecule has 1 nitrogen and oxygen atoms in total. The van der Waals surface area contributed by atoms with E-state index in [1.54, 1.807) is 0 Å². The van der Waals surface area contributed by atoms with E-state index in [1.807, 2.05) is 0 Å². The molecular formula is C25H37F4OSi. The fourth-order valence-electron chi connectivity index (χ4n) is 5.53. The Hall–Kier alpha value is -1.04. The minimum atomic E-state index is -3.16. The van der Waals surface area contributed by atoms with E-state index in [1.165, 1.54) is 69.1 Å². The number of alkyl halides is 2. The van der Waals surface area contributed by atoms with E-state index in [2.05, 4.69) is 11.7 Å². The van der Waals surface area contributed by atoms with Crippen LogP contribution in [-0.2, 0) is 0 Å². The second-order valence-electron chi connectivity index (χ2n) is 9.60. The second kappa shape index (κ2) is 12.3. The lowest BCUT2D eigenvalue weighted by atomic mass is 9.76. The van der Waals surface area contributed by atoms with Gasteiger partial charge in [-0.15, -0.1) is 0 Å². The van der Waals surface area contributed by atoms with Crippen LogP contribution in [0, 0.1) is 23.5 Å². The number of unbranched alkanes of at least 4 members (excludes halogenated alkanes) is 2. The molecule has 31 heavy (non-hydrogen) atoms. The Labute approximate surface area is 186 Å². The zero-order valence-electron chi connectivity index (χ0n) is 18.8. The van der Waals surface area contributed by atoms with Crippen LogP contribution in [0.3, 0.4) is 0 Å². The van der Waals surface area contributed by atoms with Crippen molar-refractivity contribution in [3.8, 4) is 5.75 Å². The second-order valence-corrected chi connectivity index (χ2v) is 12.6. The Bertz CT molecular complexity index is 668. The zero-order chi connectivity index (χ0) is 22.2. The maximum atomic E-state index is 14.4. The van der Waals surface area contributed by atoms with Crippen molar-refractivity contribution in [3.05, 3.63) is 29.3 Å². The Morgan fingerprint density at radius 1 is 0.903 bits per heavy atom. The Balaban J connectivity index is 1.39. The van der Waals surface area contributed by atoms with Gasteiger partial charge in [-0.25, -0.2) is 4.39 Å². The van der Waals surface area contributed by atoms with Crippen molar-refractivity contribution in [2.45, 2.75) is 108 Å². The lowest BCUT2D eigenvalue weighted by Gasteiger charge is -2.32. The molecule has 2 fully saturated rings. The summed E-state index contributed by atoms with van der Waals surface area (Å²) in [7, 11) is -0.0667. The summed E-state index contributed by atoms with van der Waals surface area (Å²) >= 11 is 0. The van der Waals surface area contributed by atoms with Gasteiger partial charge in [0.15, 0.2) is 11.6 Å². The summed E-state index contributed by atoms with van der Waals surface area (Å²) < 4.78 is 57.2. The van der Waals surface area contributed by atoms with E-state index in [0.29, 0.717) is 11.5 Å². The van der Waals surface area contributed by atoms with Crippen LogP contribution in [0.4, 0.5) is 17.6 Å². The van der Waals surface area contributed by atoms with Gasteiger partial charge in [-0.3, -0.25) is 0 Å². The Morgan fingerprint density at radius 3 is 2.16 bits per heavy atom. The van der Waals surface area contributed by atoms with Crippen LogP contribution >= 0.6 is 0 Å². The molecule has 0 atom stereocenters. The molecule has 1 radical (unpaired) electrons.